The van der Waals surface area contributed by atoms with Crippen LogP contribution >= 0.6 is 0 Å². The van der Waals surface area contributed by atoms with E-state index in [-0.39, 0.29) is 5.91 Å². The third-order valence-corrected chi connectivity index (χ3v) is 3.02. The van der Waals surface area contributed by atoms with Crippen LogP contribution in [0.4, 0.5) is 11.4 Å². The van der Waals surface area contributed by atoms with Crippen molar-refractivity contribution in [2.75, 3.05) is 24.3 Å². The fraction of sp³-hybridized carbons (Fsp3) is 0.462. The van der Waals surface area contributed by atoms with Crippen LogP contribution in [-0.2, 0) is 16.1 Å². The van der Waals surface area contributed by atoms with E-state index < -0.39 is 0 Å². The van der Waals surface area contributed by atoms with Gasteiger partial charge in [0.05, 0.1) is 6.61 Å². The van der Waals surface area contributed by atoms with Gasteiger partial charge in [0.25, 0.3) is 0 Å². The average Bonchev–Trinajstić information content (AvgIpc) is 2.31. The molecule has 1 saturated heterocycles. The molecule has 1 aliphatic rings. The first-order chi connectivity index (χ1) is 8.22. The summed E-state index contributed by atoms with van der Waals surface area (Å²) in [5.74, 6) is 0.193. The minimum absolute atomic E-state index is 0.193. The van der Waals surface area contributed by atoms with Crippen molar-refractivity contribution in [1.29, 1.82) is 0 Å². The zero-order chi connectivity index (χ0) is 12.3. The van der Waals surface area contributed by atoms with Crippen LogP contribution in [-0.4, -0.2) is 19.6 Å². The van der Waals surface area contributed by atoms with Gasteiger partial charge < -0.3 is 15.4 Å². The number of anilines is 2. The Morgan fingerprint density at radius 3 is 2.94 bits per heavy atom. The number of hydrogen-bond acceptors (Lipinski definition) is 3. The van der Waals surface area contributed by atoms with Crippen LogP contribution in [0.1, 0.15) is 24.8 Å². The van der Waals surface area contributed by atoms with Gasteiger partial charge in [0, 0.05) is 37.0 Å². The number of nitrogen functional groups attached to an aromatic ring is 1. The Labute approximate surface area is 101 Å². The fourth-order valence-electron chi connectivity index (χ4n) is 2.20. The molecule has 0 aromatic heterocycles. The molecule has 0 unspecified atom stereocenters. The highest BCUT2D eigenvalue weighted by Crippen LogP contribution is 2.27. The zero-order valence-corrected chi connectivity index (χ0v) is 10.1. The largest absolute Gasteiger partial charge is 0.399 e. The molecule has 0 bridgehead atoms. The lowest BCUT2D eigenvalue weighted by atomic mass is 10.1. The summed E-state index contributed by atoms with van der Waals surface area (Å²) in [6.07, 6.45) is 2.68. The molecular formula is C13H18N2O2. The molecule has 1 heterocycles. The standard InChI is InChI=1S/C13H18N2O2/c1-17-9-10-8-11(14)5-6-12(10)15-7-3-2-4-13(15)16/h5-6,8H,2-4,7,9,14H2,1H3. The molecule has 1 aromatic carbocycles. The number of carbonyl (C=O) groups excluding carboxylic acids is 1. The second-order valence-electron chi connectivity index (χ2n) is 4.32. The number of carbonyl (C=O) groups is 1. The summed E-state index contributed by atoms with van der Waals surface area (Å²) >= 11 is 0. The van der Waals surface area contributed by atoms with Gasteiger partial charge >= 0.3 is 0 Å². The molecule has 0 radical (unpaired) electrons. The summed E-state index contributed by atoms with van der Waals surface area (Å²) in [7, 11) is 1.64. The van der Waals surface area contributed by atoms with Gasteiger partial charge in [0.2, 0.25) is 5.91 Å². The Hall–Kier alpha value is -1.55. The van der Waals surface area contributed by atoms with Gasteiger partial charge in [-0.2, -0.15) is 0 Å². The lowest BCUT2D eigenvalue weighted by molar-refractivity contribution is -0.119. The molecular weight excluding hydrogens is 216 g/mol. The third-order valence-electron chi connectivity index (χ3n) is 3.02. The van der Waals surface area contributed by atoms with Crippen LogP contribution in [0, 0.1) is 0 Å². The Morgan fingerprint density at radius 2 is 2.24 bits per heavy atom. The summed E-state index contributed by atoms with van der Waals surface area (Å²) in [6.45, 7) is 1.27. The van der Waals surface area contributed by atoms with Gasteiger partial charge in [-0.15, -0.1) is 0 Å². The lowest BCUT2D eigenvalue weighted by Crippen LogP contribution is -2.35. The van der Waals surface area contributed by atoms with Gasteiger partial charge in [-0.3, -0.25) is 4.79 Å². The minimum Gasteiger partial charge on any atom is -0.399 e. The second-order valence-corrected chi connectivity index (χ2v) is 4.32. The predicted molar refractivity (Wildman–Crippen MR) is 67.8 cm³/mol. The number of benzene rings is 1. The van der Waals surface area contributed by atoms with Crippen molar-refractivity contribution in [2.24, 2.45) is 0 Å². The lowest BCUT2D eigenvalue weighted by Gasteiger charge is -2.28. The number of methoxy groups -OCH3 is 1. The normalized spacial score (nSPS) is 16.3. The molecule has 0 atom stereocenters. The van der Waals surface area contributed by atoms with E-state index in [1.165, 1.54) is 0 Å². The first kappa shape index (κ1) is 11.9. The maximum atomic E-state index is 11.9. The average molecular weight is 234 g/mol. The number of ether oxygens (including phenoxy) is 1. The smallest absolute Gasteiger partial charge is 0.226 e. The molecule has 1 aromatic rings. The maximum Gasteiger partial charge on any atom is 0.226 e. The topological polar surface area (TPSA) is 55.6 Å². The number of amides is 1. The van der Waals surface area contributed by atoms with Crippen molar-refractivity contribution in [1.82, 2.24) is 0 Å². The van der Waals surface area contributed by atoms with E-state index >= 15 is 0 Å². The molecule has 17 heavy (non-hydrogen) atoms. The second kappa shape index (κ2) is 5.19. The number of piperidine rings is 1. The Balaban J connectivity index is 2.32. The SMILES string of the molecule is COCc1cc(N)ccc1N1CCCCC1=O. The van der Waals surface area contributed by atoms with Crippen molar-refractivity contribution < 1.29 is 9.53 Å². The highest BCUT2D eigenvalue weighted by atomic mass is 16.5. The predicted octanol–water partition coefficient (Wildman–Crippen LogP) is 1.93. The molecule has 1 fully saturated rings. The van der Waals surface area contributed by atoms with Crippen LogP contribution in [0.2, 0.25) is 0 Å². The Kier molecular flexibility index (Phi) is 3.64. The van der Waals surface area contributed by atoms with Gasteiger partial charge in [0.1, 0.15) is 0 Å². The third kappa shape index (κ3) is 2.58. The Morgan fingerprint density at radius 1 is 1.41 bits per heavy atom. The summed E-state index contributed by atoms with van der Waals surface area (Å²) in [5, 5.41) is 0. The van der Waals surface area contributed by atoms with E-state index in [2.05, 4.69) is 0 Å². The molecule has 2 rings (SSSR count). The summed E-state index contributed by atoms with van der Waals surface area (Å²) in [5.41, 5.74) is 8.37. The summed E-state index contributed by atoms with van der Waals surface area (Å²) in [4.78, 5) is 13.7. The van der Waals surface area contributed by atoms with Gasteiger partial charge in [0.15, 0.2) is 0 Å². The van der Waals surface area contributed by atoms with Crippen LogP contribution < -0.4 is 10.6 Å². The highest BCUT2D eigenvalue weighted by Gasteiger charge is 2.21. The fourth-order valence-corrected chi connectivity index (χ4v) is 2.20. The van der Waals surface area contributed by atoms with E-state index in [1.54, 1.807) is 7.11 Å². The number of rotatable bonds is 3. The molecule has 2 N–H and O–H groups in total. The van der Waals surface area contributed by atoms with Crippen LogP contribution in [0.3, 0.4) is 0 Å². The van der Waals surface area contributed by atoms with E-state index in [1.807, 2.05) is 23.1 Å². The summed E-state index contributed by atoms with van der Waals surface area (Å²) < 4.78 is 5.16. The highest BCUT2D eigenvalue weighted by molar-refractivity contribution is 5.95. The number of nitrogens with zero attached hydrogens (tertiary/aromatic N) is 1. The molecule has 0 saturated carbocycles. The first-order valence-electron chi connectivity index (χ1n) is 5.90. The van der Waals surface area contributed by atoms with Crippen LogP contribution in [0.25, 0.3) is 0 Å². The monoisotopic (exact) mass is 234 g/mol. The summed E-state index contributed by atoms with van der Waals surface area (Å²) in [6, 6.07) is 5.62. The molecule has 1 amide bonds. The molecule has 92 valence electrons. The molecule has 0 spiro atoms. The number of nitrogens with two attached hydrogens (primary N) is 1. The van der Waals surface area contributed by atoms with E-state index in [0.717, 1.165) is 30.6 Å². The van der Waals surface area contributed by atoms with Crippen molar-refractivity contribution >= 4 is 17.3 Å². The van der Waals surface area contributed by atoms with Gasteiger partial charge in [-0.05, 0) is 31.0 Å². The Bertz CT molecular complexity index is 418. The van der Waals surface area contributed by atoms with Gasteiger partial charge in [-0.25, -0.2) is 0 Å². The van der Waals surface area contributed by atoms with Crippen molar-refractivity contribution in [3.05, 3.63) is 23.8 Å². The quantitative estimate of drug-likeness (QED) is 0.813. The van der Waals surface area contributed by atoms with Gasteiger partial charge in [-0.1, -0.05) is 0 Å². The van der Waals surface area contributed by atoms with E-state index in [4.69, 9.17) is 10.5 Å². The van der Waals surface area contributed by atoms with E-state index in [9.17, 15) is 4.79 Å². The molecule has 0 aliphatic carbocycles. The van der Waals surface area contributed by atoms with Crippen LogP contribution in [0.5, 0.6) is 0 Å². The zero-order valence-electron chi connectivity index (χ0n) is 10.1. The minimum atomic E-state index is 0.193. The number of hydrogen-bond donors (Lipinski definition) is 1. The maximum absolute atomic E-state index is 11.9. The molecule has 1 aliphatic heterocycles. The molecule has 4 nitrogen and oxygen atoms in total. The van der Waals surface area contributed by atoms with Crippen molar-refractivity contribution in [2.45, 2.75) is 25.9 Å². The molecule has 4 heteroatoms. The van der Waals surface area contributed by atoms with Crippen molar-refractivity contribution in [3.63, 3.8) is 0 Å². The van der Waals surface area contributed by atoms with Crippen LogP contribution in [0.15, 0.2) is 18.2 Å². The first-order valence-corrected chi connectivity index (χ1v) is 5.90. The van der Waals surface area contributed by atoms with E-state index in [0.29, 0.717) is 18.7 Å². The van der Waals surface area contributed by atoms with Crippen molar-refractivity contribution in [3.8, 4) is 0 Å².